The zero-order valence-corrected chi connectivity index (χ0v) is 10.7. The minimum Gasteiger partial charge on any atom is -0.372 e. The van der Waals surface area contributed by atoms with E-state index < -0.39 is 6.10 Å². The van der Waals surface area contributed by atoms with Gasteiger partial charge in [-0.3, -0.25) is 9.63 Å². The Balaban J connectivity index is 2.73. The maximum atomic E-state index is 11.9. The highest BCUT2D eigenvalue weighted by Crippen LogP contribution is 2.09. The van der Waals surface area contributed by atoms with E-state index in [-0.39, 0.29) is 5.91 Å². The van der Waals surface area contributed by atoms with Gasteiger partial charge in [-0.05, 0) is 24.6 Å². The summed E-state index contributed by atoms with van der Waals surface area (Å²) < 4.78 is 4.95. The van der Waals surface area contributed by atoms with Crippen LogP contribution in [0.4, 0.5) is 0 Å². The van der Waals surface area contributed by atoms with Crippen molar-refractivity contribution in [1.82, 2.24) is 5.06 Å². The molecule has 0 bridgehead atoms. The highest BCUT2D eigenvalue weighted by atomic mass is 16.7. The Hall–Kier alpha value is -1.90. The quantitative estimate of drug-likeness (QED) is 0.740. The fourth-order valence-electron chi connectivity index (χ4n) is 1.39. The SMILES string of the molecule is COC(C)C(=O)N(Cc1ccc(C#N)cc1)OC. The van der Waals surface area contributed by atoms with Crippen molar-refractivity contribution in [2.45, 2.75) is 19.6 Å². The van der Waals surface area contributed by atoms with Crippen LogP contribution in [-0.2, 0) is 20.9 Å². The predicted octanol–water partition coefficient (Wildman–Crippen LogP) is 1.48. The molecule has 0 radical (unpaired) electrons. The van der Waals surface area contributed by atoms with Crippen molar-refractivity contribution in [3.05, 3.63) is 35.4 Å². The Morgan fingerprint density at radius 2 is 2.00 bits per heavy atom. The molecule has 1 rings (SSSR count). The molecule has 0 heterocycles. The third-order valence-electron chi connectivity index (χ3n) is 2.58. The molecule has 0 fully saturated rings. The molecule has 0 saturated carbocycles. The average molecular weight is 248 g/mol. The van der Waals surface area contributed by atoms with E-state index in [0.29, 0.717) is 12.1 Å². The molecule has 0 aliphatic carbocycles. The van der Waals surface area contributed by atoms with Crippen molar-refractivity contribution < 1.29 is 14.4 Å². The van der Waals surface area contributed by atoms with Gasteiger partial charge in [0.2, 0.25) is 0 Å². The first-order chi connectivity index (χ1) is 8.62. The summed E-state index contributed by atoms with van der Waals surface area (Å²) in [6.45, 7) is 1.97. The Kier molecular flexibility index (Phi) is 5.31. The topological polar surface area (TPSA) is 62.6 Å². The molecule has 5 heteroatoms. The number of ether oxygens (including phenoxy) is 1. The lowest BCUT2D eigenvalue weighted by Crippen LogP contribution is -2.37. The fraction of sp³-hybridized carbons (Fsp3) is 0.385. The molecular formula is C13H16N2O3. The van der Waals surface area contributed by atoms with Gasteiger partial charge in [-0.25, -0.2) is 5.06 Å². The lowest BCUT2D eigenvalue weighted by atomic mass is 10.1. The number of hydrogen-bond acceptors (Lipinski definition) is 4. The third-order valence-corrected chi connectivity index (χ3v) is 2.58. The van der Waals surface area contributed by atoms with Crippen LogP contribution >= 0.6 is 0 Å². The Morgan fingerprint density at radius 3 is 2.44 bits per heavy atom. The lowest BCUT2D eigenvalue weighted by Gasteiger charge is -2.22. The van der Waals surface area contributed by atoms with Gasteiger partial charge in [0, 0.05) is 7.11 Å². The van der Waals surface area contributed by atoms with Crippen molar-refractivity contribution in [1.29, 1.82) is 5.26 Å². The molecule has 5 nitrogen and oxygen atoms in total. The standard InChI is InChI=1S/C13H16N2O3/c1-10(17-2)13(16)15(18-3)9-12-6-4-11(8-14)5-7-12/h4-7,10H,9H2,1-3H3. The molecule has 0 aromatic heterocycles. The number of methoxy groups -OCH3 is 1. The highest BCUT2D eigenvalue weighted by molar-refractivity contribution is 5.79. The molecular weight excluding hydrogens is 232 g/mol. The number of hydroxylamine groups is 2. The molecule has 0 aliphatic heterocycles. The van der Waals surface area contributed by atoms with E-state index in [9.17, 15) is 4.79 Å². The number of rotatable bonds is 5. The molecule has 0 N–H and O–H groups in total. The largest absolute Gasteiger partial charge is 0.372 e. The van der Waals surface area contributed by atoms with Gasteiger partial charge in [-0.2, -0.15) is 5.26 Å². The first-order valence-corrected chi connectivity index (χ1v) is 5.49. The molecule has 1 atom stereocenters. The van der Waals surface area contributed by atoms with Crippen LogP contribution < -0.4 is 0 Å². The summed E-state index contributed by atoms with van der Waals surface area (Å²) >= 11 is 0. The second kappa shape index (κ2) is 6.74. The van der Waals surface area contributed by atoms with Gasteiger partial charge in [-0.1, -0.05) is 12.1 Å². The molecule has 0 spiro atoms. The van der Waals surface area contributed by atoms with E-state index in [0.717, 1.165) is 5.56 Å². The van der Waals surface area contributed by atoms with E-state index in [1.54, 1.807) is 31.2 Å². The number of nitrogens with zero attached hydrogens (tertiary/aromatic N) is 2. The van der Waals surface area contributed by atoms with E-state index in [1.807, 2.05) is 6.07 Å². The molecule has 0 aliphatic rings. The number of hydrogen-bond donors (Lipinski definition) is 0. The number of amides is 1. The summed E-state index contributed by atoms with van der Waals surface area (Å²) in [4.78, 5) is 16.9. The molecule has 1 amide bonds. The normalized spacial score (nSPS) is 11.7. The van der Waals surface area contributed by atoms with Crippen molar-refractivity contribution in [3.63, 3.8) is 0 Å². The van der Waals surface area contributed by atoms with Crippen molar-refractivity contribution >= 4 is 5.91 Å². The van der Waals surface area contributed by atoms with Crippen LogP contribution in [0.5, 0.6) is 0 Å². The number of benzene rings is 1. The van der Waals surface area contributed by atoms with Crippen LogP contribution in [0.15, 0.2) is 24.3 Å². The highest BCUT2D eigenvalue weighted by Gasteiger charge is 2.20. The van der Waals surface area contributed by atoms with Crippen LogP contribution in [0, 0.1) is 11.3 Å². The van der Waals surface area contributed by atoms with Gasteiger partial charge in [0.05, 0.1) is 25.3 Å². The monoisotopic (exact) mass is 248 g/mol. The molecule has 96 valence electrons. The van der Waals surface area contributed by atoms with Crippen LogP contribution in [0.25, 0.3) is 0 Å². The van der Waals surface area contributed by atoms with Crippen LogP contribution in [-0.4, -0.2) is 31.3 Å². The van der Waals surface area contributed by atoms with Crippen molar-refractivity contribution in [3.8, 4) is 6.07 Å². The Bertz CT molecular complexity index is 437. The second-order valence-electron chi connectivity index (χ2n) is 3.74. The summed E-state index contributed by atoms with van der Waals surface area (Å²) in [5.41, 5.74) is 1.46. The zero-order valence-electron chi connectivity index (χ0n) is 10.7. The van der Waals surface area contributed by atoms with E-state index >= 15 is 0 Å². The van der Waals surface area contributed by atoms with Crippen LogP contribution in [0.3, 0.4) is 0 Å². The van der Waals surface area contributed by atoms with E-state index in [4.69, 9.17) is 14.8 Å². The number of carbonyl (C=O) groups is 1. The van der Waals surface area contributed by atoms with Gasteiger partial charge in [-0.15, -0.1) is 0 Å². The minimum absolute atomic E-state index is 0.246. The van der Waals surface area contributed by atoms with Gasteiger partial charge < -0.3 is 4.74 Å². The summed E-state index contributed by atoms with van der Waals surface area (Å²) in [7, 11) is 2.90. The zero-order chi connectivity index (χ0) is 13.5. The van der Waals surface area contributed by atoms with E-state index in [2.05, 4.69) is 0 Å². The smallest absolute Gasteiger partial charge is 0.275 e. The molecule has 1 unspecified atom stereocenters. The van der Waals surface area contributed by atoms with Gasteiger partial charge in [0.1, 0.15) is 6.10 Å². The second-order valence-corrected chi connectivity index (χ2v) is 3.74. The predicted molar refractivity (Wildman–Crippen MR) is 65.2 cm³/mol. The number of nitriles is 1. The Morgan fingerprint density at radius 1 is 1.39 bits per heavy atom. The van der Waals surface area contributed by atoms with Gasteiger partial charge in [0.25, 0.3) is 5.91 Å². The minimum atomic E-state index is -0.552. The van der Waals surface area contributed by atoms with E-state index in [1.165, 1.54) is 19.3 Å². The molecule has 1 aromatic carbocycles. The van der Waals surface area contributed by atoms with Crippen LogP contribution in [0.2, 0.25) is 0 Å². The molecule has 18 heavy (non-hydrogen) atoms. The van der Waals surface area contributed by atoms with Gasteiger partial charge in [0.15, 0.2) is 0 Å². The molecule has 0 saturated heterocycles. The first kappa shape index (κ1) is 14.2. The maximum absolute atomic E-state index is 11.9. The maximum Gasteiger partial charge on any atom is 0.275 e. The summed E-state index contributed by atoms with van der Waals surface area (Å²) in [6.07, 6.45) is -0.552. The first-order valence-electron chi connectivity index (χ1n) is 5.49. The fourth-order valence-corrected chi connectivity index (χ4v) is 1.39. The van der Waals surface area contributed by atoms with Crippen LogP contribution in [0.1, 0.15) is 18.1 Å². The van der Waals surface area contributed by atoms with Crippen molar-refractivity contribution in [2.75, 3.05) is 14.2 Å². The number of carbonyl (C=O) groups excluding carboxylic acids is 1. The van der Waals surface area contributed by atoms with Gasteiger partial charge >= 0.3 is 0 Å². The summed E-state index contributed by atoms with van der Waals surface area (Å²) in [6, 6.07) is 9.02. The Labute approximate surface area is 106 Å². The summed E-state index contributed by atoms with van der Waals surface area (Å²) in [5, 5.41) is 9.93. The average Bonchev–Trinajstić information content (AvgIpc) is 2.43. The van der Waals surface area contributed by atoms with Crippen molar-refractivity contribution in [2.24, 2.45) is 0 Å². The third kappa shape index (κ3) is 3.55. The lowest BCUT2D eigenvalue weighted by molar-refractivity contribution is -0.188. The molecule has 1 aromatic rings. The summed E-state index contributed by atoms with van der Waals surface area (Å²) in [5.74, 6) is -0.246.